The molecule has 1 N–H and O–H groups in total. The summed E-state index contributed by atoms with van der Waals surface area (Å²) in [5.41, 5.74) is 4.14. The van der Waals surface area contributed by atoms with Crippen LogP contribution in [0.1, 0.15) is 5.69 Å². The Morgan fingerprint density at radius 3 is 2.95 bits per heavy atom. The van der Waals surface area contributed by atoms with Gasteiger partial charge in [0.15, 0.2) is 4.34 Å². The average Bonchev–Trinajstić information content (AvgIpc) is 2.97. The van der Waals surface area contributed by atoms with E-state index in [1.54, 1.807) is 17.5 Å². The summed E-state index contributed by atoms with van der Waals surface area (Å²) in [7, 11) is 0. The number of nitrogens with zero attached hydrogens (tertiary/aromatic N) is 3. The molecule has 2 heterocycles. The molecule has 0 spiro atoms. The molecule has 3 aromatic rings. The van der Waals surface area contributed by atoms with Gasteiger partial charge in [-0.3, -0.25) is 9.78 Å². The normalized spacial score (nSPS) is 11.1. The number of hydrogen-bond acceptors (Lipinski definition) is 6. The van der Waals surface area contributed by atoms with E-state index < -0.39 is 0 Å². The van der Waals surface area contributed by atoms with Gasteiger partial charge in [0.2, 0.25) is 0 Å². The SMILES string of the molecule is O=C(CSc1nc2ccccc2s1)N/N=C\c1ccccn1. The number of carbonyl (C=O) groups excluding carboxylic acids is 1. The Bertz CT molecular complexity index is 768. The summed E-state index contributed by atoms with van der Waals surface area (Å²) in [5.74, 6) is 0.107. The van der Waals surface area contributed by atoms with Gasteiger partial charge < -0.3 is 0 Å². The molecule has 0 saturated heterocycles. The maximum absolute atomic E-state index is 11.7. The number of aromatic nitrogens is 2. The fourth-order valence-corrected chi connectivity index (χ4v) is 3.56. The molecule has 2 aromatic heterocycles. The number of thioether (sulfide) groups is 1. The number of nitrogens with one attached hydrogen (secondary N) is 1. The van der Waals surface area contributed by atoms with Crippen molar-refractivity contribution in [2.24, 2.45) is 5.10 Å². The van der Waals surface area contributed by atoms with Gasteiger partial charge >= 0.3 is 0 Å². The molecule has 0 unspecified atom stereocenters. The molecule has 0 radical (unpaired) electrons. The molecule has 0 aliphatic carbocycles. The number of para-hydroxylation sites is 1. The summed E-state index contributed by atoms with van der Waals surface area (Å²) in [6.07, 6.45) is 3.19. The van der Waals surface area contributed by atoms with Gasteiger partial charge in [-0.2, -0.15) is 5.10 Å². The first-order valence-corrected chi connectivity index (χ1v) is 8.33. The predicted molar refractivity (Wildman–Crippen MR) is 90.3 cm³/mol. The summed E-state index contributed by atoms with van der Waals surface area (Å²) in [5, 5.41) is 3.88. The second kappa shape index (κ2) is 7.15. The molecule has 1 amide bonds. The smallest absolute Gasteiger partial charge is 0.250 e. The molecule has 0 saturated carbocycles. The quantitative estimate of drug-likeness (QED) is 0.444. The van der Waals surface area contributed by atoms with Crippen LogP contribution in [-0.4, -0.2) is 27.8 Å². The van der Waals surface area contributed by atoms with Gasteiger partial charge in [-0.25, -0.2) is 10.4 Å². The molecule has 0 aliphatic rings. The third-order valence-electron chi connectivity index (χ3n) is 2.67. The van der Waals surface area contributed by atoms with Crippen LogP contribution < -0.4 is 5.43 Å². The molecular weight excluding hydrogens is 316 g/mol. The van der Waals surface area contributed by atoms with E-state index in [4.69, 9.17) is 0 Å². The second-order valence-electron chi connectivity index (χ2n) is 4.28. The topological polar surface area (TPSA) is 67.2 Å². The zero-order valence-electron chi connectivity index (χ0n) is 11.5. The van der Waals surface area contributed by atoms with Crippen LogP contribution in [0.4, 0.5) is 0 Å². The van der Waals surface area contributed by atoms with Gasteiger partial charge in [0.25, 0.3) is 5.91 Å². The fourth-order valence-electron chi connectivity index (χ4n) is 1.70. The molecule has 0 aliphatic heterocycles. The van der Waals surface area contributed by atoms with Crippen molar-refractivity contribution in [1.29, 1.82) is 0 Å². The monoisotopic (exact) mass is 328 g/mol. The van der Waals surface area contributed by atoms with Crippen LogP contribution in [0.2, 0.25) is 0 Å². The number of carbonyl (C=O) groups is 1. The lowest BCUT2D eigenvalue weighted by Gasteiger charge is -1.97. The van der Waals surface area contributed by atoms with E-state index in [-0.39, 0.29) is 11.7 Å². The van der Waals surface area contributed by atoms with Crippen LogP contribution in [-0.2, 0) is 4.79 Å². The number of amides is 1. The van der Waals surface area contributed by atoms with Crippen molar-refractivity contribution in [2.45, 2.75) is 4.34 Å². The van der Waals surface area contributed by atoms with Gasteiger partial charge in [-0.05, 0) is 24.3 Å². The Morgan fingerprint density at radius 2 is 2.14 bits per heavy atom. The van der Waals surface area contributed by atoms with Crippen molar-refractivity contribution in [2.75, 3.05) is 5.75 Å². The molecule has 0 atom stereocenters. The van der Waals surface area contributed by atoms with Crippen LogP contribution in [0.5, 0.6) is 0 Å². The van der Waals surface area contributed by atoms with Crippen LogP contribution in [0, 0.1) is 0 Å². The van der Waals surface area contributed by atoms with E-state index in [9.17, 15) is 4.79 Å². The minimum atomic E-state index is -0.170. The summed E-state index contributed by atoms with van der Waals surface area (Å²) in [6.45, 7) is 0. The molecule has 0 bridgehead atoms. The molecule has 110 valence electrons. The number of pyridine rings is 1. The van der Waals surface area contributed by atoms with Crippen molar-refractivity contribution in [3.63, 3.8) is 0 Å². The van der Waals surface area contributed by atoms with E-state index in [0.29, 0.717) is 5.69 Å². The summed E-state index contributed by atoms with van der Waals surface area (Å²) >= 11 is 2.99. The zero-order chi connectivity index (χ0) is 15.2. The highest BCUT2D eigenvalue weighted by atomic mass is 32.2. The zero-order valence-corrected chi connectivity index (χ0v) is 13.1. The van der Waals surface area contributed by atoms with Gasteiger partial charge in [-0.15, -0.1) is 11.3 Å². The average molecular weight is 328 g/mol. The Balaban J connectivity index is 1.51. The van der Waals surface area contributed by atoms with Gasteiger partial charge in [0, 0.05) is 6.20 Å². The van der Waals surface area contributed by atoms with E-state index in [2.05, 4.69) is 20.5 Å². The van der Waals surface area contributed by atoms with Gasteiger partial charge in [0.05, 0.1) is 27.9 Å². The fraction of sp³-hybridized carbons (Fsp3) is 0.0667. The van der Waals surface area contributed by atoms with Crippen LogP contribution in [0.3, 0.4) is 0 Å². The lowest BCUT2D eigenvalue weighted by atomic mass is 10.3. The highest BCUT2D eigenvalue weighted by molar-refractivity contribution is 8.01. The molecule has 7 heteroatoms. The van der Waals surface area contributed by atoms with E-state index in [1.807, 2.05) is 42.5 Å². The number of hydrazone groups is 1. The van der Waals surface area contributed by atoms with Crippen molar-refractivity contribution in [1.82, 2.24) is 15.4 Å². The second-order valence-corrected chi connectivity index (χ2v) is 6.54. The first-order chi connectivity index (χ1) is 10.8. The standard InChI is InChI=1S/C15H12N4OS2/c20-14(19-17-9-11-5-3-4-8-16-11)10-21-15-18-12-6-1-2-7-13(12)22-15/h1-9H,10H2,(H,19,20)/b17-9-. The molecule has 3 rings (SSSR count). The largest absolute Gasteiger partial charge is 0.272 e. The highest BCUT2D eigenvalue weighted by Gasteiger charge is 2.06. The number of thiazole rings is 1. The predicted octanol–water partition coefficient (Wildman–Crippen LogP) is 2.93. The molecule has 0 fully saturated rings. The van der Waals surface area contributed by atoms with Crippen molar-refractivity contribution >= 4 is 45.4 Å². The Hall–Kier alpha value is -2.25. The summed E-state index contributed by atoms with van der Waals surface area (Å²) in [4.78, 5) is 20.3. The minimum absolute atomic E-state index is 0.170. The van der Waals surface area contributed by atoms with Crippen LogP contribution in [0.15, 0.2) is 58.1 Å². The molecule has 1 aromatic carbocycles. The Kier molecular flexibility index (Phi) is 4.77. The van der Waals surface area contributed by atoms with Gasteiger partial charge in [0.1, 0.15) is 0 Å². The van der Waals surface area contributed by atoms with Crippen LogP contribution in [0.25, 0.3) is 10.2 Å². The van der Waals surface area contributed by atoms with Crippen molar-refractivity contribution < 1.29 is 4.79 Å². The van der Waals surface area contributed by atoms with E-state index >= 15 is 0 Å². The number of benzene rings is 1. The van der Waals surface area contributed by atoms with E-state index in [1.165, 1.54) is 18.0 Å². The Labute approximate surface area is 135 Å². The Morgan fingerprint density at radius 1 is 1.27 bits per heavy atom. The first-order valence-electron chi connectivity index (χ1n) is 6.52. The lowest BCUT2D eigenvalue weighted by Crippen LogP contribution is -2.19. The minimum Gasteiger partial charge on any atom is -0.272 e. The van der Waals surface area contributed by atoms with Gasteiger partial charge in [-0.1, -0.05) is 30.0 Å². The lowest BCUT2D eigenvalue weighted by molar-refractivity contribution is -0.118. The summed E-state index contributed by atoms with van der Waals surface area (Å²) in [6, 6.07) is 13.4. The first kappa shape index (κ1) is 14.7. The van der Waals surface area contributed by atoms with Crippen molar-refractivity contribution in [3.8, 4) is 0 Å². The third kappa shape index (κ3) is 3.90. The number of rotatable bonds is 5. The maximum Gasteiger partial charge on any atom is 0.250 e. The molecule has 5 nitrogen and oxygen atoms in total. The number of hydrogen-bond donors (Lipinski definition) is 1. The molecule has 22 heavy (non-hydrogen) atoms. The molecular formula is C15H12N4OS2. The summed E-state index contributed by atoms with van der Waals surface area (Å²) < 4.78 is 2.00. The van der Waals surface area contributed by atoms with Crippen LogP contribution >= 0.6 is 23.1 Å². The van der Waals surface area contributed by atoms with Crippen molar-refractivity contribution in [3.05, 3.63) is 54.4 Å². The van der Waals surface area contributed by atoms with E-state index in [0.717, 1.165) is 14.6 Å². The third-order valence-corrected chi connectivity index (χ3v) is 4.85. The maximum atomic E-state index is 11.7. The highest BCUT2D eigenvalue weighted by Crippen LogP contribution is 2.28. The number of fused-ring (bicyclic) bond motifs is 1.